The largest absolute Gasteiger partial charge is 0.481 e. The lowest BCUT2D eigenvalue weighted by Gasteiger charge is -2.07. The van der Waals surface area contributed by atoms with E-state index in [1.165, 1.54) is 11.8 Å². The van der Waals surface area contributed by atoms with Crippen molar-refractivity contribution in [1.29, 1.82) is 0 Å². The molecule has 1 aliphatic heterocycles. The predicted octanol–water partition coefficient (Wildman–Crippen LogP) is 3.24. The Morgan fingerprint density at radius 3 is 2.87 bits per heavy atom. The van der Waals surface area contributed by atoms with Crippen molar-refractivity contribution < 1.29 is 19.4 Å². The van der Waals surface area contributed by atoms with Crippen LogP contribution in [0.1, 0.15) is 12.5 Å². The van der Waals surface area contributed by atoms with E-state index < -0.39 is 12.6 Å². The van der Waals surface area contributed by atoms with Crippen molar-refractivity contribution >= 4 is 57.9 Å². The normalized spacial score (nSPS) is 16.6. The Kier molecular flexibility index (Phi) is 5.81. The highest BCUT2D eigenvalue weighted by molar-refractivity contribution is 8.26. The van der Waals surface area contributed by atoms with Crippen LogP contribution in [0.4, 0.5) is 0 Å². The minimum absolute atomic E-state index is 0.226. The molecule has 2 N–H and O–H groups in total. The van der Waals surface area contributed by atoms with Gasteiger partial charge in [-0.25, -0.2) is 4.79 Å². The summed E-state index contributed by atoms with van der Waals surface area (Å²) in [7, 11) is 0. The molecule has 0 saturated carbocycles. The van der Waals surface area contributed by atoms with Gasteiger partial charge < -0.3 is 15.2 Å². The molecule has 0 aliphatic carbocycles. The molecule has 2 rings (SSSR count). The van der Waals surface area contributed by atoms with Crippen LogP contribution < -0.4 is 10.1 Å². The second kappa shape index (κ2) is 7.63. The summed E-state index contributed by atoms with van der Waals surface area (Å²) < 4.78 is 5.64. The van der Waals surface area contributed by atoms with Gasteiger partial charge in [0.2, 0.25) is 0 Å². The van der Waals surface area contributed by atoms with E-state index in [0.717, 1.165) is 5.57 Å². The highest BCUT2D eigenvalue weighted by atomic mass is 35.5. The van der Waals surface area contributed by atoms with E-state index in [-0.39, 0.29) is 5.91 Å². The molecule has 0 bridgehead atoms. The molecule has 0 radical (unpaired) electrons. The number of carbonyl (C=O) groups is 2. The van der Waals surface area contributed by atoms with Crippen molar-refractivity contribution in [3.8, 4) is 5.75 Å². The molecule has 0 unspecified atom stereocenters. The van der Waals surface area contributed by atoms with Crippen LogP contribution in [0.5, 0.6) is 5.75 Å². The standard InChI is InChI=1S/C15H12ClNO4S2/c1-8(13-14(20)17-15(22)23-13)2-3-9-6-10(16)4-5-11(9)21-7-12(18)19/h2-6H,7H2,1H3,(H,18,19)(H,17,20,22). The van der Waals surface area contributed by atoms with Crippen molar-refractivity contribution in [2.24, 2.45) is 0 Å². The number of carboxylic acid groups (broad SMARTS) is 1. The number of amides is 1. The number of aliphatic carboxylic acids is 1. The Labute approximate surface area is 147 Å². The predicted molar refractivity (Wildman–Crippen MR) is 94.6 cm³/mol. The zero-order valence-electron chi connectivity index (χ0n) is 12.0. The van der Waals surface area contributed by atoms with E-state index >= 15 is 0 Å². The number of nitrogens with one attached hydrogen (secondary N) is 1. The molecule has 8 heteroatoms. The van der Waals surface area contributed by atoms with Gasteiger partial charge in [-0.2, -0.15) is 0 Å². The summed E-state index contributed by atoms with van der Waals surface area (Å²) in [6, 6.07) is 4.86. The number of ether oxygens (including phenoxy) is 1. The number of thiocarbonyl (C=S) groups is 1. The zero-order valence-corrected chi connectivity index (χ0v) is 14.3. The molecule has 0 spiro atoms. The van der Waals surface area contributed by atoms with Crippen molar-refractivity contribution in [3.05, 3.63) is 45.3 Å². The lowest BCUT2D eigenvalue weighted by Crippen LogP contribution is -2.18. The van der Waals surface area contributed by atoms with Crippen LogP contribution in [-0.2, 0) is 9.59 Å². The number of allylic oxidation sites excluding steroid dienone is 2. The van der Waals surface area contributed by atoms with Gasteiger partial charge in [-0.3, -0.25) is 4.79 Å². The fourth-order valence-corrected chi connectivity index (χ4v) is 3.01. The molecule has 23 heavy (non-hydrogen) atoms. The van der Waals surface area contributed by atoms with Crippen LogP contribution in [0, 0.1) is 0 Å². The van der Waals surface area contributed by atoms with Crippen LogP contribution in [0.25, 0.3) is 6.08 Å². The number of halogens is 1. The summed E-state index contributed by atoms with van der Waals surface area (Å²) in [5.41, 5.74) is 1.35. The van der Waals surface area contributed by atoms with Gasteiger partial charge in [-0.05, 0) is 30.7 Å². The van der Waals surface area contributed by atoms with Crippen LogP contribution in [-0.4, -0.2) is 27.9 Å². The lowest BCUT2D eigenvalue weighted by molar-refractivity contribution is -0.139. The number of rotatable bonds is 5. The van der Waals surface area contributed by atoms with Crippen molar-refractivity contribution in [3.63, 3.8) is 0 Å². The van der Waals surface area contributed by atoms with Gasteiger partial charge >= 0.3 is 5.97 Å². The fourth-order valence-electron chi connectivity index (χ4n) is 1.78. The number of carboxylic acids is 1. The SMILES string of the molecule is CC(C=Cc1cc(Cl)ccc1OCC(=O)O)=C1SC(=S)NC1=O. The smallest absolute Gasteiger partial charge is 0.341 e. The van der Waals surface area contributed by atoms with E-state index in [0.29, 0.717) is 25.6 Å². The van der Waals surface area contributed by atoms with E-state index in [2.05, 4.69) is 5.32 Å². The third kappa shape index (κ3) is 4.82. The molecule has 5 nitrogen and oxygen atoms in total. The molecule has 1 aromatic rings. The molecule has 120 valence electrons. The number of carbonyl (C=O) groups excluding carboxylic acids is 1. The van der Waals surface area contributed by atoms with Gasteiger partial charge in [0.15, 0.2) is 6.61 Å². The molecular weight excluding hydrogens is 358 g/mol. The van der Waals surface area contributed by atoms with Crippen LogP contribution >= 0.6 is 35.6 Å². The number of hydrogen-bond donors (Lipinski definition) is 2. The maximum atomic E-state index is 11.7. The third-order valence-electron chi connectivity index (χ3n) is 2.81. The average molecular weight is 370 g/mol. The van der Waals surface area contributed by atoms with Gasteiger partial charge in [0.25, 0.3) is 5.91 Å². The van der Waals surface area contributed by atoms with E-state index in [1.54, 1.807) is 37.3 Å². The number of benzene rings is 1. The highest BCUT2D eigenvalue weighted by Crippen LogP contribution is 2.29. The summed E-state index contributed by atoms with van der Waals surface area (Å²) in [5.74, 6) is -0.902. The Morgan fingerprint density at radius 2 is 2.26 bits per heavy atom. The highest BCUT2D eigenvalue weighted by Gasteiger charge is 2.23. The Hall–Kier alpha value is -1.83. The van der Waals surface area contributed by atoms with Crippen LogP contribution in [0.3, 0.4) is 0 Å². The van der Waals surface area contributed by atoms with Crippen LogP contribution in [0.2, 0.25) is 5.02 Å². The molecular formula is C15H12ClNO4S2. The maximum Gasteiger partial charge on any atom is 0.341 e. The summed E-state index contributed by atoms with van der Waals surface area (Å²) in [5, 5.41) is 11.7. The van der Waals surface area contributed by atoms with Gasteiger partial charge in [0, 0.05) is 10.6 Å². The molecule has 1 saturated heterocycles. The quantitative estimate of drug-likeness (QED) is 0.613. The van der Waals surface area contributed by atoms with Crippen molar-refractivity contribution in [2.45, 2.75) is 6.92 Å². The Balaban J connectivity index is 2.26. The summed E-state index contributed by atoms with van der Waals surface area (Å²) in [6.45, 7) is 1.34. The van der Waals surface area contributed by atoms with E-state index in [4.69, 9.17) is 33.7 Å². The fraction of sp³-hybridized carbons (Fsp3) is 0.133. The van der Waals surface area contributed by atoms with Crippen molar-refractivity contribution in [1.82, 2.24) is 5.32 Å². The lowest BCUT2D eigenvalue weighted by atomic mass is 10.1. The topological polar surface area (TPSA) is 75.6 Å². The Bertz CT molecular complexity index is 743. The summed E-state index contributed by atoms with van der Waals surface area (Å²) >= 11 is 12.1. The third-order valence-corrected chi connectivity index (χ3v) is 4.40. The second-order valence-electron chi connectivity index (χ2n) is 4.55. The first-order chi connectivity index (χ1) is 10.9. The van der Waals surface area contributed by atoms with Gasteiger partial charge in [0.1, 0.15) is 10.1 Å². The number of hydrogen-bond acceptors (Lipinski definition) is 5. The first-order valence-electron chi connectivity index (χ1n) is 6.43. The summed E-state index contributed by atoms with van der Waals surface area (Å²) in [6.07, 6.45) is 3.44. The van der Waals surface area contributed by atoms with Gasteiger partial charge in [-0.1, -0.05) is 47.7 Å². The molecule has 0 atom stereocenters. The second-order valence-corrected chi connectivity index (χ2v) is 6.68. The molecule has 1 heterocycles. The van der Waals surface area contributed by atoms with Crippen molar-refractivity contribution in [2.75, 3.05) is 6.61 Å². The van der Waals surface area contributed by atoms with E-state index in [9.17, 15) is 9.59 Å². The maximum absolute atomic E-state index is 11.7. The average Bonchev–Trinajstić information content (AvgIpc) is 2.82. The minimum Gasteiger partial charge on any atom is -0.481 e. The first-order valence-corrected chi connectivity index (χ1v) is 8.03. The van der Waals surface area contributed by atoms with Gasteiger partial charge in [-0.15, -0.1) is 0 Å². The minimum atomic E-state index is -1.07. The van der Waals surface area contributed by atoms with Gasteiger partial charge in [0.05, 0.1) is 4.91 Å². The first kappa shape index (κ1) is 17.5. The molecule has 0 aromatic heterocycles. The monoisotopic (exact) mass is 369 g/mol. The van der Waals surface area contributed by atoms with Crippen LogP contribution in [0.15, 0.2) is 34.8 Å². The number of thioether (sulfide) groups is 1. The Morgan fingerprint density at radius 1 is 1.52 bits per heavy atom. The van der Waals surface area contributed by atoms with E-state index in [1.807, 2.05) is 0 Å². The molecule has 1 aliphatic rings. The molecule has 1 fully saturated rings. The molecule has 1 amide bonds. The molecule has 1 aromatic carbocycles. The zero-order chi connectivity index (χ0) is 17.0. The summed E-state index contributed by atoms with van der Waals surface area (Å²) in [4.78, 5) is 22.9.